The molecular formula is C20H24ClNO2. The lowest BCUT2D eigenvalue weighted by atomic mass is 10.0. The predicted molar refractivity (Wildman–Crippen MR) is 98.4 cm³/mol. The van der Waals surface area contributed by atoms with Crippen LogP contribution in [0.1, 0.15) is 31.9 Å². The minimum absolute atomic E-state index is 0.00652. The summed E-state index contributed by atoms with van der Waals surface area (Å²) in [6.45, 7) is 8.57. The van der Waals surface area contributed by atoms with E-state index in [4.69, 9.17) is 16.3 Å². The maximum Gasteiger partial charge on any atom is 0.261 e. The zero-order chi connectivity index (χ0) is 17.7. The highest BCUT2D eigenvalue weighted by molar-refractivity contribution is 6.30. The molecule has 0 saturated heterocycles. The van der Waals surface area contributed by atoms with Crippen LogP contribution in [0.5, 0.6) is 5.75 Å². The van der Waals surface area contributed by atoms with Crippen molar-refractivity contribution in [2.75, 3.05) is 6.61 Å². The van der Waals surface area contributed by atoms with Gasteiger partial charge in [0.25, 0.3) is 5.91 Å². The van der Waals surface area contributed by atoms with Crippen molar-refractivity contribution in [2.24, 2.45) is 0 Å². The number of carbonyl (C=O) groups is 1. The highest BCUT2D eigenvalue weighted by Gasteiger charge is 2.26. The summed E-state index contributed by atoms with van der Waals surface area (Å²) in [5.41, 5.74) is 1.73. The van der Waals surface area contributed by atoms with E-state index in [1.807, 2.05) is 69.0 Å². The first kappa shape index (κ1) is 18.3. The van der Waals surface area contributed by atoms with Crippen LogP contribution in [0, 0.1) is 6.92 Å². The first-order valence-corrected chi connectivity index (χ1v) is 8.38. The van der Waals surface area contributed by atoms with Crippen LogP contribution in [0.15, 0.2) is 48.5 Å². The molecule has 0 fully saturated rings. The molecule has 24 heavy (non-hydrogen) atoms. The lowest BCUT2D eigenvalue weighted by Crippen LogP contribution is -2.47. The largest absolute Gasteiger partial charge is 0.483 e. The summed E-state index contributed by atoms with van der Waals surface area (Å²) in [6.07, 6.45) is 0. The Morgan fingerprint density at radius 2 is 1.79 bits per heavy atom. The second-order valence-corrected chi connectivity index (χ2v) is 7.27. The number of hydrogen-bond donors (Lipinski definition) is 0. The Hall–Kier alpha value is -2.00. The Bertz CT molecular complexity index is 693. The van der Waals surface area contributed by atoms with Crippen molar-refractivity contribution in [3.63, 3.8) is 0 Å². The molecule has 0 spiro atoms. The first-order chi connectivity index (χ1) is 11.3. The molecule has 3 nitrogen and oxygen atoms in total. The number of hydrogen-bond acceptors (Lipinski definition) is 2. The first-order valence-electron chi connectivity index (χ1n) is 8.01. The third-order valence-electron chi connectivity index (χ3n) is 3.78. The van der Waals surface area contributed by atoms with Crippen molar-refractivity contribution in [1.82, 2.24) is 4.90 Å². The lowest BCUT2D eigenvalue weighted by molar-refractivity contribution is -0.139. The Morgan fingerprint density at radius 3 is 2.38 bits per heavy atom. The van der Waals surface area contributed by atoms with Crippen molar-refractivity contribution in [3.05, 3.63) is 64.7 Å². The molecule has 4 heteroatoms. The molecule has 0 atom stereocenters. The second kappa shape index (κ2) is 7.71. The van der Waals surface area contributed by atoms with Gasteiger partial charge in [0.15, 0.2) is 6.61 Å². The molecule has 0 heterocycles. The van der Waals surface area contributed by atoms with Crippen LogP contribution in [-0.2, 0) is 11.3 Å². The fraction of sp³-hybridized carbons (Fsp3) is 0.350. The zero-order valence-electron chi connectivity index (χ0n) is 14.7. The SMILES string of the molecule is Cc1cc(Cl)ccc1OCC(=O)N(Cc1ccccc1)C(C)(C)C. The van der Waals surface area contributed by atoms with Crippen LogP contribution in [0.4, 0.5) is 0 Å². The highest BCUT2D eigenvalue weighted by atomic mass is 35.5. The van der Waals surface area contributed by atoms with Gasteiger partial charge in [-0.2, -0.15) is 0 Å². The molecule has 1 amide bonds. The molecule has 128 valence electrons. The summed E-state index contributed by atoms with van der Waals surface area (Å²) in [5.74, 6) is 0.641. The van der Waals surface area contributed by atoms with Crippen molar-refractivity contribution in [2.45, 2.75) is 39.8 Å². The number of rotatable bonds is 5. The van der Waals surface area contributed by atoms with E-state index in [1.54, 1.807) is 12.1 Å². The molecule has 0 bridgehead atoms. The van der Waals surface area contributed by atoms with Crippen LogP contribution in [0.3, 0.4) is 0 Å². The Balaban J connectivity index is 2.08. The molecule has 0 aliphatic carbocycles. The van der Waals surface area contributed by atoms with E-state index < -0.39 is 0 Å². The highest BCUT2D eigenvalue weighted by Crippen LogP contribution is 2.23. The smallest absolute Gasteiger partial charge is 0.261 e. The summed E-state index contributed by atoms with van der Waals surface area (Å²) in [5, 5.41) is 0.659. The minimum Gasteiger partial charge on any atom is -0.483 e. The van der Waals surface area contributed by atoms with Gasteiger partial charge in [-0.25, -0.2) is 0 Å². The summed E-state index contributed by atoms with van der Waals surface area (Å²) in [7, 11) is 0. The summed E-state index contributed by atoms with van der Waals surface area (Å²) in [4.78, 5) is 14.6. The number of ether oxygens (including phenoxy) is 1. The third-order valence-corrected chi connectivity index (χ3v) is 4.02. The van der Waals surface area contributed by atoms with E-state index >= 15 is 0 Å². The van der Waals surface area contributed by atoms with Gasteiger partial charge in [-0.1, -0.05) is 41.9 Å². The molecule has 0 saturated carbocycles. The third kappa shape index (κ3) is 5.00. The van der Waals surface area contributed by atoms with E-state index in [9.17, 15) is 4.79 Å². The van der Waals surface area contributed by atoms with Crippen molar-refractivity contribution >= 4 is 17.5 Å². The molecule has 0 unspecified atom stereocenters. The van der Waals surface area contributed by atoms with Crippen molar-refractivity contribution < 1.29 is 9.53 Å². The monoisotopic (exact) mass is 345 g/mol. The quantitative estimate of drug-likeness (QED) is 0.774. The minimum atomic E-state index is -0.286. The van der Waals surface area contributed by atoms with Gasteiger partial charge in [0.1, 0.15) is 5.75 Å². The van der Waals surface area contributed by atoms with Crippen LogP contribution in [-0.4, -0.2) is 23.0 Å². The Kier molecular flexibility index (Phi) is 5.89. The lowest BCUT2D eigenvalue weighted by Gasteiger charge is -2.36. The van der Waals surface area contributed by atoms with Gasteiger partial charge >= 0.3 is 0 Å². The van der Waals surface area contributed by atoms with Gasteiger partial charge in [0.05, 0.1) is 0 Å². The van der Waals surface area contributed by atoms with E-state index in [2.05, 4.69) is 0 Å². The fourth-order valence-corrected chi connectivity index (χ4v) is 2.68. The van der Waals surface area contributed by atoms with Crippen LogP contribution in [0.2, 0.25) is 5.02 Å². The van der Waals surface area contributed by atoms with Gasteiger partial charge in [-0.3, -0.25) is 4.79 Å². The van der Waals surface area contributed by atoms with Gasteiger partial charge in [0, 0.05) is 17.1 Å². The summed E-state index contributed by atoms with van der Waals surface area (Å²) >= 11 is 5.95. The average molecular weight is 346 g/mol. The number of amides is 1. The van der Waals surface area contributed by atoms with Gasteiger partial charge in [-0.15, -0.1) is 0 Å². The van der Waals surface area contributed by atoms with E-state index in [1.165, 1.54) is 0 Å². The molecule has 2 aromatic carbocycles. The van der Waals surface area contributed by atoms with Crippen molar-refractivity contribution in [3.8, 4) is 5.75 Å². The molecule has 0 aromatic heterocycles. The Labute approximate surface area is 149 Å². The molecule has 0 aliphatic heterocycles. The number of nitrogens with zero attached hydrogens (tertiary/aromatic N) is 1. The second-order valence-electron chi connectivity index (χ2n) is 6.83. The van der Waals surface area contributed by atoms with Crippen molar-refractivity contribution in [1.29, 1.82) is 0 Å². The number of halogens is 1. The van der Waals surface area contributed by atoms with Crippen LogP contribution < -0.4 is 4.74 Å². The number of benzene rings is 2. The van der Waals surface area contributed by atoms with Gasteiger partial charge in [0.2, 0.25) is 0 Å². The topological polar surface area (TPSA) is 29.5 Å². The molecule has 2 rings (SSSR count). The zero-order valence-corrected chi connectivity index (χ0v) is 15.4. The normalized spacial score (nSPS) is 11.2. The predicted octanol–water partition coefficient (Wildman–Crippen LogP) is 4.85. The molecule has 0 N–H and O–H groups in total. The average Bonchev–Trinajstić information content (AvgIpc) is 2.51. The number of carbonyl (C=O) groups excluding carboxylic acids is 1. The number of aryl methyl sites for hydroxylation is 1. The van der Waals surface area contributed by atoms with Crippen LogP contribution in [0.25, 0.3) is 0 Å². The maximum absolute atomic E-state index is 12.7. The van der Waals surface area contributed by atoms with E-state index in [0.29, 0.717) is 17.3 Å². The maximum atomic E-state index is 12.7. The van der Waals surface area contributed by atoms with E-state index in [-0.39, 0.29) is 18.1 Å². The molecule has 0 radical (unpaired) electrons. The summed E-state index contributed by atoms with van der Waals surface area (Å²) < 4.78 is 5.72. The Morgan fingerprint density at radius 1 is 1.12 bits per heavy atom. The van der Waals surface area contributed by atoms with Crippen LogP contribution >= 0.6 is 11.6 Å². The van der Waals surface area contributed by atoms with Gasteiger partial charge < -0.3 is 9.64 Å². The standard InChI is InChI=1S/C20H24ClNO2/c1-15-12-17(21)10-11-18(15)24-14-19(23)22(20(2,3)4)13-16-8-6-5-7-9-16/h5-12H,13-14H2,1-4H3. The molecular weight excluding hydrogens is 322 g/mol. The molecule has 2 aromatic rings. The van der Waals surface area contributed by atoms with Gasteiger partial charge in [-0.05, 0) is 57.0 Å². The van der Waals surface area contributed by atoms with E-state index in [0.717, 1.165) is 11.1 Å². The fourth-order valence-electron chi connectivity index (χ4n) is 2.46. The summed E-state index contributed by atoms with van der Waals surface area (Å²) in [6, 6.07) is 15.4. The molecule has 0 aliphatic rings.